The number of carbonyl (C=O) groups is 1. The zero-order valence-electron chi connectivity index (χ0n) is 11.1. The molecule has 5 nitrogen and oxygen atoms in total. The summed E-state index contributed by atoms with van der Waals surface area (Å²) in [6.45, 7) is 3.73. The van der Waals surface area contributed by atoms with Crippen LogP contribution in [0, 0.1) is 6.92 Å². The van der Waals surface area contributed by atoms with E-state index in [0.29, 0.717) is 5.69 Å². The molecule has 2 aromatic rings. The molecule has 1 atom stereocenters. The van der Waals surface area contributed by atoms with E-state index in [9.17, 15) is 4.79 Å². The Kier molecular flexibility index (Phi) is 5.80. The maximum atomic E-state index is 12.2. The van der Waals surface area contributed by atoms with Gasteiger partial charge in [-0.3, -0.25) is 4.79 Å². The molecule has 1 aliphatic rings. The van der Waals surface area contributed by atoms with Crippen LogP contribution in [0.15, 0.2) is 24.4 Å². The lowest BCUT2D eigenvalue weighted by molar-refractivity contribution is 0.0935. The van der Waals surface area contributed by atoms with Crippen molar-refractivity contribution in [2.45, 2.75) is 19.4 Å². The summed E-state index contributed by atoms with van der Waals surface area (Å²) in [5.74, 6) is -0.0788. The number of rotatable bonds is 2. The molecule has 1 fully saturated rings. The normalized spacial score (nSPS) is 17.4. The third-order valence-electron chi connectivity index (χ3n) is 3.38. The molecule has 0 unspecified atom stereocenters. The number of halogens is 2. The van der Waals surface area contributed by atoms with Crippen molar-refractivity contribution in [1.29, 1.82) is 0 Å². The van der Waals surface area contributed by atoms with Crippen molar-refractivity contribution in [3.8, 4) is 0 Å². The first-order valence-electron chi connectivity index (χ1n) is 6.21. The van der Waals surface area contributed by atoms with Crippen molar-refractivity contribution < 1.29 is 4.79 Å². The van der Waals surface area contributed by atoms with Crippen LogP contribution in [0.4, 0.5) is 0 Å². The Hall–Kier alpha value is -1.30. The maximum absolute atomic E-state index is 12.2. The van der Waals surface area contributed by atoms with Gasteiger partial charge in [0.25, 0.3) is 5.91 Å². The van der Waals surface area contributed by atoms with E-state index in [2.05, 4.69) is 15.6 Å². The van der Waals surface area contributed by atoms with Crippen LogP contribution in [0.25, 0.3) is 5.65 Å². The van der Waals surface area contributed by atoms with Crippen molar-refractivity contribution >= 4 is 36.4 Å². The summed E-state index contributed by atoms with van der Waals surface area (Å²) in [5, 5.41) is 6.25. The number of nitrogens with one attached hydrogen (secondary N) is 2. The van der Waals surface area contributed by atoms with Gasteiger partial charge in [-0.2, -0.15) is 0 Å². The van der Waals surface area contributed by atoms with Crippen LogP contribution in [-0.2, 0) is 0 Å². The van der Waals surface area contributed by atoms with Crippen molar-refractivity contribution in [2.24, 2.45) is 0 Å². The minimum atomic E-state index is -0.0788. The third kappa shape index (κ3) is 3.06. The molecule has 20 heavy (non-hydrogen) atoms. The van der Waals surface area contributed by atoms with Gasteiger partial charge in [0.15, 0.2) is 0 Å². The number of aromatic nitrogens is 2. The van der Waals surface area contributed by atoms with Crippen molar-refractivity contribution in [3.63, 3.8) is 0 Å². The molecule has 0 saturated carbocycles. The average Bonchev–Trinajstić information content (AvgIpc) is 2.98. The van der Waals surface area contributed by atoms with Crippen LogP contribution in [0.2, 0.25) is 0 Å². The highest BCUT2D eigenvalue weighted by atomic mass is 35.5. The van der Waals surface area contributed by atoms with E-state index in [0.717, 1.165) is 30.9 Å². The molecule has 1 saturated heterocycles. The summed E-state index contributed by atoms with van der Waals surface area (Å²) in [6, 6.07) is 5.98. The quantitative estimate of drug-likeness (QED) is 0.884. The molecule has 2 N–H and O–H groups in total. The van der Waals surface area contributed by atoms with Gasteiger partial charge in [0.2, 0.25) is 0 Å². The van der Waals surface area contributed by atoms with E-state index < -0.39 is 0 Å². The number of nitrogens with zero attached hydrogens (tertiary/aromatic N) is 2. The zero-order chi connectivity index (χ0) is 12.5. The number of hydrogen-bond acceptors (Lipinski definition) is 3. The van der Waals surface area contributed by atoms with E-state index in [1.165, 1.54) is 0 Å². The van der Waals surface area contributed by atoms with Gasteiger partial charge >= 0.3 is 0 Å². The van der Waals surface area contributed by atoms with Crippen LogP contribution in [0.5, 0.6) is 0 Å². The van der Waals surface area contributed by atoms with Crippen LogP contribution in [-0.4, -0.2) is 34.4 Å². The molecule has 2 aromatic heterocycles. The topological polar surface area (TPSA) is 58.4 Å². The minimum absolute atomic E-state index is 0. The van der Waals surface area contributed by atoms with E-state index >= 15 is 0 Å². The number of fused-ring (bicyclic) bond motifs is 1. The summed E-state index contributed by atoms with van der Waals surface area (Å²) in [7, 11) is 0. The Morgan fingerprint density at radius 2 is 2.25 bits per heavy atom. The number of imidazole rings is 1. The summed E-state index contributed by atoms with van der Waals surface area (Å²) in [5.41, 5.74) is 2.21. The largest absolute Gasteiger partial charge is 0.347 e. The van der Waals surface area contributed by atoms with E-state index in [1.54, 1.807) is 0 Å². The highest BCUT2D eigenvalue weighted by molar-refractivity contribution is 5.94. The van der Waals surface area contributed by atoms with Crippen LogP contribution < -0.4 is 10.6 Å². The molecule has 1 amide bonds. The zero-order valence-corrected chi connectivity index (χ0v) is 12.8. The first-order chi connectivity index (χ1) is 8.75. The lowest BCUT2D eigenvalue weighted by Gasteiger charge is -2.09. The molecule has 0 aromatic carbocycles. The second-order valence-corrected chi connectivity index (χ2v) is 4.64. The summed E-state index contributed by atoms with van der Waals surface area (Å²) >= 11 is 0. The lowest BCUT2D eigenvalue weighted by atomic mass is 10.2. The number of aryl methyl sites for hydroxylation is 1. The predicted octanol–water partition coefficient (Wildman–Crippen LogP) is 1.58. The fourth-order valence-electron chi connectivity index (χ4n) is 2.37. The molecule has 0 radical (unpaired) electrons. The number of pyridine rings is 1. The lowest BCUT2D eigenvalue weighted by Crippen LogP contribution is -2.36. The number of hydrogen-bond donors (Lipinski definition) is 2. The number of carbonyl (C=O) groups excluding carboxylic acids is 1. The predicted molar refractivity (Wildman–Crippen MR) is 83.2 cm³/mol. The summed E-state index contributed by atoms with van der Waals surface area (Å²) < 4.78 is 1.93. The monoisotopic (exact) mass is 316 g/mol. The Labute approximate surface area is 130 Å². The second-order valence-electron chi connectivity index (χ2n) is 4.64. The van der Waals surface area contributed by atoms with E-state index in [-0.39, 0.29) is 36.8 Å². The first-order valence-corrected chi connectivity index (χ1v) is 6.21. The van der Waals surface area contributed by atoms with E-state index in [4.69, 9.17) is 0 Å². The van der Waals surface area contributed by atoms with Gasteiger partial charge < -0.3 is 15.0 Å². The Bertz CT molecular complexity index is 593. The molecule has 0 bridgehead atoms. The molecule has 3 heterocycles. The van der Waals surface area contributed by atoms with Crippen molar-refractivity contribution in [1.82, 2.24) is 20.0 Å². The van der Waals surface area contributed by atoms with Crippen LogP contribution >= 0.6 is 24.8 Å². The minimum Gasteiger partial charge on any atom is -0.347 e. The van der Waals surface area contributed by atoms with Crippen molar-refractivity contribution in [2.75, 3.05) is 13.1 Å². The molecule has 7 heteroatoms. The molecule has 1 aliphatic heterocycles. The van der Waals surface area contributed by atoms with Crippen LogP contribution in [0.3, 0.4) is 0 Å². The Morgan fingerprint density at radius 1 is 1.45 bits per heavy atom. The Balaban J connectivity index is 0.000001000. The standard InChI is InChI=1S/C13H16N4O.2ClH/c1-9-12(13(18)15-10-5-6-14-8-10)16-11-4-2-3-7-17(9)11;;/h2-4,7,10,14H,5-6,8H2,1H3,(H,15,18);2*1H/t10-;;/m0../s1. The van der Waals surface area contributed by atoms with Gasteiger partial charge in [-0.25, -0.2) is 4.98 Å². The van der Waals surface area contributed by atoms with Gasteiger partial charge in [0.1, 0.15) is 11.3 Å². The average molecular weight is 317 g/mol. The third-order valence-corrected chi connectivity index (χ3v) is 3.38. The molecule has 0 aliphatic carbocycles. The summed E-state index contributed by atoms with van der Waals surface area (Å²) in [4.78, 5) is 16.6. The van der Waals surface area contributed by atoms with E-state index in [1.807, 2.05) is 35.7 Å². The molecule has 0 spiro atoms. The molecule has 3 rings (SSSR count). The number of amides is 1. The molecule has 110 valence electrons. The fourth-order valence-corrected chi connectivity index (χ4v) is 2.37. The molecular weight excluding hydrogens is 299 g/mol. The molecular formula is C13H18Cl2N4O. The highest BCUT2D eigenvalue weighted by Crippen LogP contribution is 2.12. The van der Waals surface area contributed by atoms with Gasteiger partial charge in [-0.15, -0.1) is 24.8 Å². The van der Waals surface area contributed by atoms with Crippen LogP contribution in [0.1, 0.15) is 22.6 Å². The SMILES string of the molecule is Cc1c(C(=O)N[C@H]2CCNC2)nc2ccccn12.Cl.Cl. The van der Waals surface area contributed by atoms with Gasteiger partial charge in [0.05, 0.1) is 5.69 Å². The fraction of sp³-hybridized carbons (Fsp3) is 0.385. The smallest absolute Gasteiger partial charge is 0.272 e. The van der Waals surface area contributed by atoms with Gasteiger partial charge in [0, 0.05) is 18.8 Å². The van der Waals surface area contributed by atoms with Gasteiger partial charge in [-0.1, -0.05) is 6.07 Å². The van der Waals surface area contributed by atoms with Crippen molar-refractivity contribution in [3.05, 3.63) is 35.8 Å². The second kappa shape index (κ2) is 6.92. The highest BCUT2D eigenvalue weighted by Gasteiger charge is 2.21. The Morgan fingerprint density at radius 3 is 2.90 bits per heavy atom. The summed E-state index contributed by atoms with van der Waals surface area (Å²) in [6.07, 6.45) is 2.91. The maximum Gasteiger partial charge on any atom is 0.272 e. The first kappa shape index (κ1) is 16.8. The van der Waals surface area contributed by atoms with Gasteiger partial charge in [-0.05, 0) is 32.0 Å².